The molecule has 0 aromatic carbocycles. The second-order valence-corrected chi connectivity index (χ2v) is 3.33. The predicted octanol–water partition coefficient (Wildman–Crippen LogP) is 2.09. The molecule has 0 fully saturated rings. The van der Waals surface area contributed by atoms with Crippen molar-refractivity contribution in [2.45, 2.75) is 32.4 Å². The van der Waals surface area contributed by atoms with Gasteiger partial charge in [0.2, 0.25) is 0 Å². The third-order valence-corrected chi connectivity index (χ3v) is 1.79. The van der Waals surface area contributed by atoms with Crippen LogP contribution in [0.3, 0.4) is 0 Å². The molecule has 74 valence electrons. The van der Waals surface area contributed by atoms with Crippen molar-refractivity contribution < 1.29 is 9.15 Å². The highest BCUT2D eigenvalue weighted by atomic mass is 16.5. The monoisotopic (exact) mass is 183 g/mol. The lowest BCUT2D eigenvalue weighted by molar-refractivity contribution is 0.0725. The maximum absolute atomic E-state index is 5.85. The molecule has 0 amide bonds. The van der Waals surface area contributed by atoms with Gasteiger partial charge < -0.3 is 14.9 Å². The number of ether oxygens (including phenoxy) is 1. The van der Waals surface area contributed by atoms with Crippen LogP contribution in [0.5, 0.6) is 0 Å². The van der Waals surface area contributed by atoms with Crippen LogP contribution in [0.4, 0.5) is 0 Å². The second-order valence-electron chi connectivity index (χ2n) is 3.33. The number of nitrogens with two attached hydrogens (primary N) is 1. The van der Waals surface area contributed by atoms with E-state index in [-0.39, 0.29) is 12.1 Å². The molecule has 3 heteroatoms. The summed E-state index contributed by atoms with van der Waals surface area (Å²) in [6, 6.07) is 3.69. The van der Waals surface area contributed by atoms with Crippen molar-refractivity contribution in [2.24, 2.45) is 5.73 Å². The largest absolute Gasteiger partial charge is 0.468 e. The summed E-state index contributed by atoms with van der Waals surface area (Å²) in [5.74, 6) is 0.826. The molecule has 1 unspecified atom stereocenters. The van der Waals surface area contributed by atoms with Crippen LogP contribution in [0.15, 0.2) is 22.8 Å². The molecule has 1 heterocycles. The van der Waals surface area contributed by atoms with Gasteiger partial charge in [-0.25, -0.2) is 0 Å². The summed E-state index contributed by atoms with van der Waals surface area (Å²) in [7, 11) is 0. The van der Waals surface area contributed by atoms with Gasteiger partial charge in [0, 0.05) is 6.61 Å². The lowest BCUT2D eigenvalue weighted by Crippen LogP contribution is -2.14. The van der Waals surface area contributed by atoms with E-state index in [9.17, 15) is 0 Å². The molecule has 2 N–H and O–H groups in total. The van der Waals surface area contributed by atoms with Crippen molar-refractivity contribution in [3.05, 3.63) is 24.2 Å². The average molecular weight is 183 g/mol. The summed E-state index contributed by atoms with van der Waals surface area (Å²) in [5.41, 5.74) is 5.85. The van der Waals surface area contributed by atoms with E-state index in [0.717, 1.165) is 12.2 Å². The van der Waals surface area contributed by atoms with Gasteiger partial charge in [0.15, 0.2) is 0 Å². The number of rotatable bonds is 5. The third kappa shape index (κ3) is 3.61. The Bertz CT molecular complexity index is 219. The molecule has 0 bridgehead atoms. The van der Waals surface area contributed by atoms with Gasteiger partial charge >= 0.3 is 0 Å². The molecular formula is C10H17NO2. The first-order valence-electron chi connectivity index (χ1n) is 4.60. The van der Waals surface area contributed by atoms with Crippen molar-refractivity contribution in [3.63, 3.8) is 0 Å². The zero-order chi connectivity index (χ0) is 9.68. The van der Waals surface area contributed by atoms with E-state index in [0.29, 0.717) is 6.61 Å². The quantitative estimate of drug-likeness (QED) is 0.760. The summed E-state index contributed by atoms with van der Waals surface area (Å²) in [4.78, 5) is 0. The van der Waals surface area contributed by atoms with E-state index in [1.54, 1.807) is 6.26 Å². The number of hydrogen-bond acceptors (Lipinski definition) is 3. The Morgan fingerprint density at radius 1 is 1.54 bits per heavy atom. The highest BCUT2D eigenvalue weighted by Crippen LogP contribution is 2.14. The summed E-state index contributed by atoms with van der Waals surface area (Å²) in [6.07, 6.45) is 2.70. The molecule has 1 rings (SSSR count). The molecule has 3 nitrogen and oxygen atoms in total. The molecule has 0 aliphatic carbocycles. The lowest BCUT2D eigenvalue weighted by Gasteiger charge is -2.10. The highest BCUT2D eigenvalue weighted by Gasteiger charge is 2.08. The predicted molar refractivity (Wildman–Crippen MR) is 51.3 cm³/mol. The van der Waals surface area contributed by atoms with Crippen LogP contribution < -0.4 is 5.73 Å². The van der Waals surface area contributed by atoms with E-state index < -0.39 is 0 Å². The Morgan fingerprint density at radius 3 is 2.85 bits per heavy atom. The molecule has 0 spiro atoms. The molecule has 1 atom stereocenters. The van der Waals surface area contributed by atoms with Crippen LogP contribution in [0.2, 0.25) is 0 Å². The van der Waals surface area contributed by atoms with Crippen LogP contribution in [0, 0.1) is 0 Å². The molecule has 0 aliphatic heterocycles. The van der Waals surface area contributed by atoms with Gasteiger partial charge in [-0.3, -0.25) is 0 Å². The van der Waals surface area contributed by atoms with Crippen LogP contribution in [-0.4, -0.2) is 12.7 Å². The van der Waals surface area contributed by atoms with Crippen LogP contribution in [-0.2, 0) is 4.74 Å². The van der Waals surface area contributed by atoms with E-state index in [2.05, 4.69) is 0 Å². The Kier molecular flexibility index (Phi) is 3.99. The molecule has 0 aliphatic rings. The maximum Gasteiger partial charge on any atom is 0.120 e. The van der Waals surface area contributed by atoms with Crippen molar-refractivity contribution in [1.29, 1.82) is 0 Å². The number of hydrogen-bond donors (Lipinski definition) is 1. The molecule has 1 aromatic heterocycles. The van der Waals surface area contributed by atoms with Gasteiger partial charge in [0.1, 0.15) is 5.76 Å². The van der Waals surface area contributed by atoms with Gasteiger partial charge in [-0.1, -0.05) is 0 Å². The van der Waals surface area contributed by atoms with Crippen LogP contribution >= 0.6 is 0 Å². The Hall–Kier alpha value is -0.800. The van der Waals surface area contributed by atoms with E-state index >= 15 is 0 Å². The molecular weight excluding hydrogens is 166 g/mol. The van der Waals surface area contributed by atoms with E-state index in [4.69, 9.17) is 14.9 Å². The maximum atomic E-state index is 5.85. The molecule has 0 saturated heterocycles. The molecule has 0 saturated carbocycles. The fraction of sp³-hybridized carbons (Fsp3) is 0.600. The first-order valence-corrected chi connectivity index (χ1v) is 4.60. The molecule has 13 heavy (non-hydrogen) atoms. The normalized spacial score (nSPS) is 13.5. The van der Waals surface area contributed by atoms with E-state index in [1.807, 2.05) is 26.0 Å². The summed E-state index contributed by atoms with van der Waals surface area (Å²) >= 11 is 0. The van der Waals surface area contributed by atoms with Gasteiger partial charge in [-0.2, -0.15) is 0 Å². The summed E-state index contributed by atoms with van der Waals surface area (Å²) in [5, 5.41) is 0. The summed E-state index contributed by atoms with van der Waals surface area (Å²) < 4.78 is 10.6. The lowest BCUT2D eigenvalue weighted by atomic mass is 10.2. The minimum absolute atomic E-state index is 0.0475. The Labute approximate surface area is 78.9 Å². The summed E-state index contributed by atoms with van der Waals surface area (Å²) in [6.45, 7) is 4.70. The highest BCUT2D eigenvalue weighted by molar-refractivity contribution is 5.03. The standard InChI is InChI=1S/C10H17NO2/c1-8(2)12-7-5-9(11)10-4-3-6-13-10/h3-4,6,8-9H,5,7,11H2,1-2H3. The zero-order valence-corrected chi connectivity index (χ0v) is 8.19. The minimum atomic E-state index is -0.0475. The fourth-order valence-corrected chi connectivity index (χ4v) is 1.08. The van der Waals surface area contributed by atoms with Gasteiger partial charge in [-0.05, 0) is 32.4 Å². The van der Waals surface area contributed by atoms with Crippen LogP contribution in [0.1, 0.15) is 32.1 Å². The minimum Gasteiger partial charge on any atom is -0.468 e. The van der Waals surface area contributed by atoms with Crippen LogP contribution in [0.25, 0.3) is 0 Å². The molecule has 1 aromatic rings. The zero-order valence-electron chi connectivity index (χ0n) is 8.19. The van der Waals surface area contributed by atoms with Gasteiger partial charge in [0.05, 0.1) is 18.4 Å². The van der Waals surface area contributed by atoms with Gasteiger partial charge in [-0.15, -0.1) is 0 Å². The average Bonchev–Trinajstić information content (AvgIpc) is 2.55. The van der Waals surface area contributed by atoms with Crippen molar-refractivity contribution in [2.75, 3.05) is 6.61 Å². The van der Waals surface area contributed by atoms with Crippen molar-refractivity contribution in [3.8, 4) is 0 Å². The first-order chi connectivity index (χ1) is 6.20. The smallest absolute Gasteiger partial charge is 0.120 e. The number of furan rings is 1. The van der Waals surface area contributed by atoms with Crippen molar-refractivity contribution in [1.82, 2.24) is 0 Å². The van der Waals surface area contributed by atoms with Crippen molar-refractivity contribution >= 4 is 0 Å². The van der Waals surface area contributed by atoms with E-state index in [1.165, 1.54) is 0 Å². The van der Waals surface area contributed by atoms with Gasteiger partial charge in [0.25, 0.3) is 0 Å². The second kappa shape index (κ2) is 5.04. The molecule has 0 radical (unpaired) electrons. The third-order valence-electron chi connectivity index (χ3n) is 1.79. The fourth-order valence-electron chi connectivity index (χ4n) is 1.08. The Morgan fingerprint density at radius 2 is 2.31 bits per heavy atom. The first kappa shape index (κ1) is 10.3. The Balaban J connectivity index is 2.22. The SMILES string of the molecule is CC(C)OCCC(N)c1ccco1. The topological polar surface area (TPSA) is 48.4 Å².